The van der Waals surface area contributed by atoms with Crippen molar-refractivity contribution in [2.45, 2.75) is 43.0 Å². The maximum absolute atomic E-state index is 12.8. The minimum Gasteiger partial charge on any atom is -0.351 e. The van der Waals surface area contributed by atoms with Crippen molar-refractivity contribution in [3.8, 4) is 0 Å². The van der Waals surface area contributed by atoms with Crippen LogP contribution in [0, 0.1) is 0 Å². The zero-order valence-corrected chi connectivity index (χ0v) is 15.0. The van der Waals surface area contributed by atoms with Gasteiger partial charge in [-0.3, -0.25) is 9.69 Å². The number of fused-ring (bicyclic) bond motifs is 1. The molecule has 2 saturated heterocycles. The Hall–Kier alpha value is -0.960. The Kier molecular flexibility index (Phi) is 5.05. The summed E-state index contributed by atoms with van der Waals surface area (Å²) < 4.78 is 27.7. The molecule has 128 valence electrons. The predicted octanol–water partition coefficient (Wildman–Crippen LogP) is 1.24. The molecule has 1 atom stereocenters. The molecule has 0 aromatic carbocycles. The molecular weight excluding hydrogens is 334 g/mol. The van der Waals surface area contributed by atoms with Crippen molar-refractivity contribution in [1.29, 1.82) is 0 Å². The summed E-state index contributed by atoms with van der Waals surface area (Å²) in [5.41, 5.74) is 0. The van der Waals surface area contributed by atoms with E-state index in [-0.39, 0.29) is 5.91 Å². The van der Waals surface area contributed by atoms with Gasteiger partial charge in [0.1, 0.15) is 4.21 Å². The van der Waals surface area contributed by atoms with E-state index >= 15 is 0 Å². The predicted molar refractivity (Wildman–Crippen MR) is 89.8 cm³/mol. The molecule has 0 aliphatic carbocycles. The van der Waals surface area contributed by atoms with Gasteiger partial charge >= 0.3 is 0 Å². The molecule has 1 N–H and O–H groups in total. The van der Waals surface area contributed by atoms with E-state index in [0.717, 1.165) is 24.4 Å². The normalized spacial score (nSPS) is 23.4. The Balaban J connectivity index is 1.70. The summed E-state index contributed by atoms with van der Waals surface area (Å²) in [6.45, 7) is 4.92. The van der Waals surface area contributed by atoms with E-state index in [9.17, 15) is 13.2 Å². The van der Waals surface area contributed by atoms with Crippen molar-refractivity contribution in [3.63, 3.8) is 0 Å². The zero-order valence-electron chi connectivity index (χ0n) is 13.3. The van der Waals surface area contributed by atoms with Crippen LogP contribution in [-0.2, 0) is 21.4 Å². The Bertz CT molecular complexity index is 671. The van der Waals surface area contributed by atoms with Gasteiger partial charge in [0, 0.05) is 37.5 Å². The first-order valence-electron chi connectivity index (χ1n) is 8.04. The summed E-state index contributed by atoms with van der Waals surface area (Å²) in [5.74, 6) is -0.115. The third kappa shape index (κ3) is 3.76. The van der Waals surface area contributed by atoms with Gasteiger partial charge in [0.2, 0.25) is 5.91 Å². The number of sulfonamides is 1. The molecule has 2 fully saturated rings. The standard InChI is InChI=1S/C15H23N3O3S2/c1-12(19)16-10-14-5-6-15(22-14)23(20,21)18-9-8-17-7-3-2-4-13(17)11-18/h5-6,13H,2-4,7-11H2,1H3,(H,16,19)/t13-/m0/s1. The highest BCUT2D eigenvalue weighted by Crippen LogP contribution is 2.29. The van der Waals surface area contributed by atoms with Crippen LogP contribution >= 0.6 is 11.3 Å². The minimum atomic E-state index is -3.42. The fourth-order valence-electron chi connectivity index (χ4n) is 3.28. The van der Waals surface area contributed by atoms with Crippen LogP contribution in [0.25, 0.3) is 0 Å². The first-order valence-corrected chi connectivity index (χ1v) is 10.3. The lowest BCUT2D eigenvalue weighted by Gasteiger charge is -2.43. The highest BCUT2D eigenvalue weighted by atomic mass is 32.2. The van der Waals surface area contributed by atoms with Crippen LogP contribution in [0.15, 0.2) is 16.3 Å². The van der Waals surface area contributed by atoms with E-state index in [2.05, 4.69) is 10.2 Å². The van der Waals surface area contributed by atoms with Crippen LogP contribution in [0.2, 0.25) is 0 Å². The molecule has 1 aromatic rings. The lowest BCUT2D eigenvalue weighted by molar-refractivity contribution is -0.119. The summed E-state index contributed by atoms with van der Waals surface area (Å²) in [6, 6.07) is 3.81. The Morgan fingerprint density at radius 2 is 2.13 bits per heavy atom. The quantitative estimate of drug-likeness (QED) is 0.880. The maximum atomic E-state index is 12.8. The number of thiophene rings is 1. The largest absolute Gasteiger partial charge is 0.351 e. The Morgan fingerprint density at radius 3 is 2.91 bits per heavy atom. The smallest absolute Gasteiger partial charge is 0.252 e. The van der Waals surface area contributed by atoms with Gasteiger partial charge in [0.15, 0.2) is 0 Å². The van der Waals surface area contributed by atoms with E-state index < -0.39 is 10.0 Å². The molecule has 3 heterocycles. The fraction of sp³-hybridized carbons (Fsp3) is 0.667. The van der Waals surface area contributed by atoms with Crippen LogP contribution in [-0.4, -0.2) is 55.8 Å². The van der Waals surface area contributed by atoms with E-state index in [4.69, 9.17) is 0 Å². The van der Waals surface area contributed by atoms with Crippen molar-refractivity contribution in [1.82, 2.24) is 14.5 Å². The summed E-state index contributed by atoms with van der Waals surface area (Å²) in [6.07, 6.45) is 3.50. The molecule has 3 rings (SSSR count). The molecular formula is C15H23N3O3S2. The summed E-state index contributed by atoms with van der Waals surface area (Å²) in [7, 11) is -3.42. The molecule has 1 aromatic heterocycles. The first kappa shape index (κ1) is 16.9. The van der Waals surface area contributed by atoms with E-state index in [1.54, 1.807) is 16.4 Å². The van der Waals surface area contributed by atoms with Crippen LogP contribution in [0.3, 0.4) is 0 Å². The average molecular weight is 358 g/mol. The molecule has 8 heteroatoms. The zero-order chi connectivity index (χ0) is 16.4. The molecule has 2 aliphatic heterocycles. The maximum Gasteiger partial charge on any atom is 0.252 e. The van der Waals surface area contributed by atoms with Gasteiger partial charge in [-0.1, -0.05) is 6.42 Å². The molecule has 0 spiro atoms. The number of hydrogen-bond acceptors (Lipinski definition) is 5. The second kappa shape index (κ2) is 6.88. The van der Waals surface area contributed by atoms with E-state index in [1.165, 1.54) is 31.1 Å². The highest BCUT2D eigenvalue weighted by molar-refractivity contribution is 7.91. The summed E-state index contributed by atoms with van der Waals surface area (Å²) in [4.78, 5) is 14.2. The molecule has 6 nitrogen and oxygen atoms in total. The van der Waals surface area contributed by atoms with Crippen molar-refractivity contribution in [2.24, 2.45) is 0 Å². The molecule has 0 bridgehead atoms. The average Bonchev–Trinajstić information content (AvgIpc) is 3.02. The number of piperidine rings is 1. The monoisotopic (exact) mass is 357 g/mol. The number of carbonyl (C=O) groups is 1. The second-order valence-corrected chi connectivity index (χ2v) is 9.51. The number of amides is 1. The third-order valence-corrected chi connectivity index (χ3v) is 7.96. The van der Waals surface area contributed by atoms with Crippen LogP contribution in [0.5, 0.6) is 0 Å². The molecule has 23 heavy (non-hydrogen) atoms. The highest BCUT2D eigenvalue weighted by Gasteiger charge is 2.35. The first-order chi connectivity index (χ1) is 11.0. The van der Waals surface area contributed by atoms with Gasteiger partial charge in [-0.05, 0) is 31.5 Å². The molecule has 2 aliphatic rings. The topological polar surface area (TPSA) is 69.7 Å². The summed E-state index contributed by atoms with van der Waals surface area (Å²) in [5, 5.41) is 2.70. The summed E-state index contributed by atoms with van der Waals surface area (Å²) >= 11 is 1.25. The number of rotatable bonds is 4. The van der Waals surface area contributed by atoms with E-state index in [1.807, 2.05) is 0 Å². The number of hydrogen-bond donors (Lipinski definition) is 1. The van der Waals surface area contributed by atoms with Gasteiger partial charge in [0.25, 0.3) is 10.0 Å². The van der Waals surface area contributed by atoms with Gasteiger partial charge in [-0.2, -0.15) is 4.31 Å². The third-order valence-electron chi connectivity index (χ3n) is 4.54. The molecule has 0 radical (unpaired) electrons. The van der Waals surface area contributed by atoms with E-state index in [0.29, 0.717) is 29.9 Å². The second-order valence-electron chi connectivity index (χ2n) is 6.18. The Morgan fingerprint density at radius 1 is 1.30 bits per heavy atom. The lowest BCUT2D eigenvalue weighted by atomic mass is 10.0. The SMILES string of the molecule is CC(=O)NCc1ccc(S(=O)(=O)N2CCN3CCCC[C@H]3C2)s1. The van der Waals surface area contributed by atoms with Crippen molar-refractivity contribution in [3.05, 3.63) is 17.0 Å². The van der Waals surface area contributed by atoms with Gasteiger partial charge in [-0.25, -0.2) is 8.42 Å². The van der Waals surface area contributed by atoms with Crippen molar-refractivity contribution < 1.29 is 13.2 Å². The fourth-order valence-corrected chi connectivity index (χ4v) is 6.19. The Labute approximate surface area is 141 Å². The molecule has 0 saturated carbocycles. The number of nitrogens with zero attached hydrogens (tertiary/aromatic N) is 2. The van der Waals surface area contributed by atoms with Gasteiger partial charge < -0.3 is 5.32 Å². The molecule has 0 unspecified atom stereocenters. The van der Waals surface area contributed by atoms with Gasteiger partial charge in [-0.15, -0.1) is 11.3 Å². The minimum absolute atomic E-state index is 0.115. The van der Waals surface area contributed by atoms with Crippen molar-refractivity contribution >= 4 is 27.3 Å². The number of nitrogens with one attached hydrogen (secondary N) is 1. The van der Waals surface area contributed by atoms with Crippen molar-refractivity contribution in [2.75, 3.05) is 26.2 Å². The number of piperazine rings is 1. The molecule has 1 amide bonds. The van der Waals surface area contributed by atoms with Crippen LogP contribution < -0.4 is 5.32 Å². The van der Waals surface area contributed by atoms with Crippen LogP contribution in [0.4, 0.5) is 0 Å². The number of carbonyl (C=O) groups excluding carboxylic acids is 1. The van der Waals surface area contributed by atoms with Crippen LogP contribution in [0.1, 0.15) is 31.1 Å². The lowest BCUT2D eigenvalue weighted by Crippen LogP contribution is -2.55. The van der Waals surface area contributed by atoms with Gasteiger partial charge in [0.05, 0.1) is 6.54 Å².